The predicted octanol–water partition coefficient (Wildman–Crippen LogP) is 1.72. The minimum Gasteiger partial charge on any atom is -0.480 e. The fourth-order valence-electron chi connectivity index (χ4n) is 2.74. The highest BCUT2D eigenvalue weighted by molar-refractivity contribution is 5.78. The van der Waals surface area contributed by atoms with Crippen LogP contribution in [0.15, 0.2) is 0 Å². The lowest BCUT2D eigenvalue weighted by molar-refractivity contribution is -0.144. The number of aliphatic carboxylic acids is 1. The molecule has 5 nitrogen and oxygen atoms in total. The van der Waals surface area contributed by atoms with Crippen LogP contribution in [0.2, 0.25) is 0 Å². The molecule has 118 valence electrons. The molecule has 0 saturated carbocycles. The summed E-state index contributed by atoms with van der Waals surface area (Å²) in [5.74, 6) is -0.751. The van der Waals surface area contributed by atoms with Gasteiger partial charge in [-0.25, -0.2) is 0 Å². The molecule has 0 aromatic carbocycles. The van der Waals surface area contributed by atoms with Crippen LogP contribution in [0.1, 0.15) is 46.0 Å². The largest absolute Gasteiger partial charge is 0.480 e. The molecule has 5 heteroatoms. The molecule has 0 aromatic heterocycles. The first-order valence-electron chi connectivity index (χ1n) is 7.75. The lowest BCUT2D eigenvalue weighted by Gasteiger charge is -2.33. The monoisotopic (exact) mass is 286 g/mol. The highest BCUT2D eigenvalue weighted by atomic mass is 16.5. The van der Waals surface area contributed by atoms with Gasteiger partial charge in [0.25, 0.3) is 0 Å². The van der Waals surface area contributed by atoms with E-state index < -0.39 is 11.5 Å². The molecule has 1 fully saturated rings. The van der Waals surface area contributed by atoms with Gasteiger partial charge in [-0.15, -0.1) is 0 Å². The second kappa shape index (κ2) is 8.60. The number of hydrogen-bond donors (Lipinski definition) is 2. The van der Waals surface area contributed by atoms with Crippen molar-refractivity contribution in [1.82, 2.24) is 10.2 Å². The molecule has 1 aliphatic rings. The Morgan fingerprint density at radius 1 is 1.55 bits per heavy atom. The number of rotatable bonds is 9. The van der Waals surface area contributed by atoms with Gasteiger partial charge in [-0.05, 0) is 58.7 Å². The molecule has 0 spiro atoms. The van der Waals surface area contributed by atoms with E-state index in [9.17, 15) is 9.90 Å². The van der Waals surface area contributed by atoms with Crippen LogP contribution < -0.4 is 5.32 Å². The quantitative estimate of drug-likeness (QED) is 0.676. The zero-order valence-electron chi connectivity index (χ0n) is 13.2. The van der Waals surface area contributed by atoms with Gasteiger partial charge in [-0.3, -0.25) is 4.79 Å². The first kappa shape index (κ1) is 17.4. The minimum atomic E-state index is -0.799. The number of ether oxygens (including phenoxy) is 1. The zero-order chi connectivity index (χ0) is 15.0. The van der Waals surface area contributed by atoms with Crippen LogP contribution in [0.3, 0.4) is 0 Å². The summed E-state index contributed by atoms with van der Waals surface area (Å²) < 4.78 is 5.41. The van der Waals surface area contributed by atoms with Crippen LogP contribution >= 0.6 is 0 Å². The number of carboxylic acid groups (broad SMARTS) is 1. The van der Waals surface area contributed by atoms with Crippen molar-refractivity contribution in [3.63, 3.8) is 0 Å². The molecule has 2 N–H and O–H groups in total. The van der Waals surface area contributed by atoms with Crippen LogP contribution in [0, 0.1) is 0 Å². The van der Waals surface area contributed by atoms with E-state index in [-0.39, 0.29) is 0 Å². The molecule has 0 aromatic rings. The summed E-state index contributed by atoms with van der Waals surface area (Å²) >= 11 is 0. The number of nitrogens with one attached hydrogen (secondary N) is 1. The summed E-state index contributed by atoms with van der Waals surface area (Å²) in [5.41, 5.74) is -0.799. The summed E-state index contributed by atoms with van der Waals surface area (Å²) in [6.07, 6.45) is 5.16. The van der Waals surface area contributed by atoms with Crippen molar-refractivity contribution in [2.75, 3.05) is 33.3 Å². The lowest BCUT2D eigenvalue weighted by Crippen LogP contribution is -2.50. The Kier molecular flexibility index (Phi) is 7.48. The number of hydrogen-bond acceptors (Lipinski definition) is 4. The van der Waals surface area contributed by atoms with E-state index in [0.717, 1.165) is 45.4 Å². The summed E-state index contributed by atoms with van der Waals surface area (Å²) in [6.45, 7) is 7.62. The van der Waals surface area contributed by atoms with Crippen molar-refractivity contribution in [2.24, 2.45) is 0 Å². The van der Waals surface area contributed by atoms with Crippen molar-refractivity contribution in [3.05, 3.63) is 0 Å². The first-order chi connectivity index (χ1) is 9.51. The van der Waals surface area contributed by atoms with E-state index in [1.807, 2.05) is 6.92 Å². The highest BCUT2D eigenvalue weighted by Gasteiger charge is 2.31. The number of piperidine rings is 1. The molecule has 20 heavy (non-hydrogen) atoms. The standard InChI is InChI=1S/C15H30N2O3/c1-4-9-16-15(2,14(18)19)8-6-11-17-10-5-7-13(12-17)20-3/h13,16H,4-12H2,1-3H3,(H,18,19). The van der Waals surface area contributed by atoms with Crippen molar-refractivity contribution < 1.29 is 14.6 Å². The smallest absolute Gasteiger partial charge is 0.323 e. The molecule has 0 radical (unpaired) electrons. The molecule has 2 unspecified atom stereocenters. The molecule has 2 atom stereocenters. The van der Waals surface area contributed by atoms with Gasteiger partial charge in [0.2, 0.25) is 0 Å². The van der Waals surface area contributed by atoms with Crippen molar-refractivity contribution in [1.29, 1.82) is 0 Å². The first-order valence-corrected chi connectivity index (χ1v) is 7.75. The van der Waals surface area contributed by atoms with Crippen LogP contribution in [-0.2, 0) is 9.53 Å². The Hall–Kier alpha value is -0.650. The van der Waals surface area contributed by atoms with Crippen LogP contribution in [0.4, 0.5) is 0 Å². The van der Waals surface area contributed by atoms with E-state index >= 15 is 0 Å². The van der Waals surface area contributed by atoms with Crippen molar-refractivity contribution in [3.8, 4) is 0 Å². The molecule has 1 saturated heterocycles. The molecule has 1 aliphatic heterocycles. The van der Waals surface area contributed by atoms with Crippen LogP contribution in [-0.4, -0.2) is 60.9 Å². The van der Waals surface area contributed by atoms with Gasteiger partial charge < -0.3 is 20.1 Å². The van der Waals surface area contributed by atoms with Gasteiger partial charge in [0, 0.05) is 13.7 Å². The minimum absolute atomic E-state index is 0.341. The van der Waals surface area contributed by atoms with E-state index in [1.54, 1.807) is 14.0 Å². The number of carbonyl (C=O) groups is 1. The maximum Gasteiger partial charge on any atom is 0.323 e. The van der Waals surface area contributed by atoms with Gasteiger partial charge in [0.1, 0.15) is 5.54 Å². The Balaban J connectivity index is 2.34. The Labute approximate surface area is 122 Å². The maximum atomic E-state index is 11.4. The fraction of sp³-hybridized carbons (Fsp3) is 0.933. The molecular weight excluding hydrogens is 256 g/mol. The van der Waals surface area contributed by atoms with Gasteiger partial charge in [0.15, 0.2) is 0 Å². The van der Waals surface area contributed by atoms with E-state index in [4.69, 9.17) is 4.74 Å². The van der Waals surface area contributed by atoms with E-state index in [1.165, 1.54) is 6.42 Å². The second-order valence-electron chi connectivity index (χ2n) is 5.97. The Morgan fingerprint density at radius 3 is 2.90 bits per heavy atom. The van der Waals surface area contributed by atoms with E-state index in [0.29, 0.717) is 12.5 Å². The summed E-state index contributed by atoms with van der Waals surface area (Å²) in [4.78, 5) is 13.8. The van der Waals surface area contributed by atoms with Crippen LogP contribution in [0.5, 0.6) is 0 Å². The topological polar surface area (TPSA) is 61.8 Å². The Bertz CT molecular complexity index is 299. The van der Waals surface area contributed by atoms with Crippen molar-refractivity contribution >= 4 is 5.97 Å². The predicted molar refractivity (Wildman–Crippen MR) is 80.0 cm³/mol. The molecule has 0 amide bonds. The lowest BCUT2D eigenvalue weighted by atomic mass is 9.95. The van der Waals surface area contributed by atoms with Gasteiger partial charge in [-0.2, -0.15) is 0 Å². The summed E-state index contributed by atoms with van der Waals surface area (Å²) in [7, 11) is 1.77. The molecular formula is C15H30N2O3. The molecule has 1 rings (SSSR count). The number of likely N-dealkylation sites (tertiary alicyclic amines) is 1. The van der Waals surface area contributed by atoms with Gasteiger partial charge >= 0.3 is 5.97 Å². The zero-order valence-corrected chi connectivity index (χ0v) is 13.2. The normalized spacial score (nSPS) is 23.4. The fourth-order valence-corrected chi connectivity index (χ4v) is 2.74. The molecule has 0 bridgehead atoms. The summed E-state index contributed by atoms with van der Waals surface area (Å²) in [5, 5.41) is 12.5. The highest BCUT2D eigenvalue weighted by Crippen LogP contribution is 2.16. The number of nitrogens with zero attached hydrogens (tertiary/aromatic N) is 1. The molecule has 0 aliphatic carbocycles. The SMILES string of the molecule is CCCNC(C)(CCCN1CCCC(OC)C1)C(=O)O. The number of carboxylic acids is 1. The van der Waals surface area contributed by atoms with Gasteiger partial charge in [0.05, 0.1) is 6.10 Å². The van der Waals surface area contributed by atoms with E-state index in [2.05, 4.69) is 10.2 Å². The summed E-state index contributed by atoms with van der Waals surface area (Å²) in [6, 6.07) is 0. The second-order valence-corrected chi connectivity index (χ2v) is 5.97. The third-order valence-corrected chi connectivity index (χ3v) is 4.18. The average molecular weight is 286 g/mol. The third-order valence-electron chi connectivity index (χ3n) is 4.18. The van der Waals surface area contributed by atoms with Gasteiger partial charge in [-0.1, -0.05) is 6.92 Å². The van der Waals surface area contributed by atoms with Crippen LogP contribution in [0.25, 0.3) is 0 Å². The van der Waals surface area contributed by atoms with Crippen molar-refractivity contribution in [2.45, 2.75) is 57.6 Å². The third kappa shape index (κ3) is 5.38. The Morgan fingerprint density at radius 2 is 2.30 bits per heavy atom. The maximum absolute atomic E-state index is 11.4. The number of methoxy groups -OCH3 is 1. The molecule has 1 heterocycles. The average Bonchev–Trinajstić information content (AvgIpc) is 2.45.